The minimum absolute atomic E-state index is 0.0971. The third-order valence-electron chi connectivity index (χ3n) is 2.52. The number of furan rings is 1. The van der Waals surface area contributed by atoms with Gasteiger partial charge in [-0.1, -0.05) is 12.1 Å². The Balaban J connectivity index is 2.09. The molecular formula is C13H8N4O2. The predicted octanol–water partition coefficient (Wildman–Crippen LogP) is 2.47. The summed E-state index contributed by atoms with van der Waals surface area (Å²) in [6.45, 7) is 0. The number of nitrogens with zero attached hydrogens (tertiary/aromatic N) is 3. The Labute approximate surface area is 108 Å². The molecule has 0 fully saturated rings. The van der Waals surface area contributed by atoms with Crippen LogP contribution in [-0.4, -0.2) is 10.2 Å². The number of nitrogen functional groups attached to an aromatic ring is 1. The summed E-state index contributed by atoms with van der Waals surface area (Å²) in [7, 11) is 0. The van der Waals surface area contributed by atoms with Crippen LogP contribution >= 0.6 is 0 Å². The van der Waals surface area contributed by atoms with Gasteiger partial charge in [0, 0.05) is 6.07 Å². The second-order valence-electron chi connectivity index (χ2n) is 3.77. The smallest absolute Gasteiger partial charge is 0.247 e. The Morgan fingerprint density at radius 3 is 2.74 bits per heavy atom. The second kappa shape index (κ2) is 4.31. The van der Waals surface area contributed by atoms with E-state index in [4.69, 9.17) is 20.1 Å². The van der Waals surface area contributed by atoms with Crippen molar-refractivity contribution in [2.45, 2.75) is 0 Å². The van der Waals surface area contributed by atoms with E-state index >= 15 is 0 Å². The van der Waals surface area contributed by atoms with Crippen molar-refractivity contribution in [3.63, 3.8) is 0 Å². The third-order valence-corrected chi connectivity index (χ3v) is 2.52. The normalized spacial score (nSPS) is 10.3. The van der Waals surface area contributed by atoms with E-state index in [1.807, 2.05) is 18.2 Å². The maximum absolute atomic E-state index is 9.06. The van der Waals surface area contributed by atoms with Gasteiger partial charge in [0.25, 0.3) is 0 Å². The van der Waals surface area contributed by atoms with Crippen LogP contribution in [-0.2, 0) is 0 Å². The largest absolute Gasteiger partial charge is 0.442 e. The van der Waals surface area contributed by atoms with E-state index in [9.17, 15) is 0 Å². The van der Waals surface area contributed by atoms with Crippen molar-refractivity contribution in [1.29, 1.82) is 5.26 Å². The highest BCUT2D eigenvalue weighted by Crippen LogP contribution is 2.35. The van der Waals surface area contributed by atoms with E-state index in [-0.39, 0.29) is 11.6 Å². The molecule has 0 aliphatic rings. The first-order chi connectivity index (χ1) is 9.28. The summed E-state index contributed by atoms with van der Waals surface area (Å²) in [5, 5.41) is 17.2. The molecule has 0 bridgehead atoms. The standard InChI is InChI=1S/C13H8N4O2/c14-7-10-13(8-3-1-2-4-9(8)18-10)19-12-6-5-11(15)16-17-12/h1-6H,(H2,15,16). The molecule has 3 rings (SSSR count). The van der Waals surface area contributed by atoms with E-state index in [0.29, 0.717) is 22.5 Å². The first kappa shape index (κ1) is 11.0. The van der Waals surface area contributed by atoms with Crippen LogP contribution in [0.15, 0.2) is 40.8 Å². The molecule has 6 heteroatoms. The highest BCUT2D eigenvalue weighted by molar-refractivity contribution is 5.86. The molecule has 2 N–H and O–H groups in total. The first-order valence-electron chi connectivity index (χ1n) is 5.46. The lowest BCUT2D eigenvalue weighted by molar-refractivity contribution is 0.444. The number of nitriles is 1. The van der Waals surface area contributed by atoms with E-state index in [2.05, 4.69) is 10.2 Å². The summed E-state index contributed by atoms with van der Waals surface area (Å²) >= 11 is 0. The van der Waals surface area contributed by atoms with E-state index < -0.39 is 0 Å². The maximum atomic E-state index is 9.06. The van der Waals surface area contributed by atoms with Gasteiger partial charge in [-0.3, -0.25) is 0 Å². The molecule has 0 aliphatic heterocycles. The van der Waals surface area contributed by atoms with Crippen molar-refractivity contribution in [1.82, 2.24) is 10.2 Å². The molecule has 0 atom stereocenters. The van der Waals surface area contributed by atoms with Gasteiger partial charge in [0.2, 0.25) is 11.6 Å². The fraction of sp³-hybridized carbons (Fsp3) is 0. The molecule has 0 aliphatic carbocycles. The molecule has 0 amide bonds. The summed E-state index contributed by atoms with van der Waals surface area (Å²) in [6.07, 6.45) is 0. The summed E-state index contributed by atoms with van der Waals surface area (Å²) in [4.78, 5) is 0. The van der Waals surface area contributed by atoms with Crippen molar-refractivity contribution in [2.24, 2.45) is 0 Å². The monoisotopic (exact) mass is 252 g/mol. The topological polar surface area (TPSA) is 98.0 Å². The summed E-state index contributed by atoms with van der Waals surface area (Å²) in [5.74, 6) is 0.971. The number of anilines is 1. The van der Waals surface area contributed by atoms with E-state index in [1.165, 1.54) is 0 Å². The van der Waals surface area contributed by atoms with Crippen molar-refractivity contribution in [3.05, 3.63) is 42.2 Å². The molecule has 92 valence electrons. The van der Waals surface area contributed by atoms with Crippen molar-refractivity contribution >= 4 is 16.8 Å². The Hall–Kier alpha value is -3.07. The molecule has 2 aromatic heterocycles. The molecule has 0 spiro atoms. The minimum Gasteiger partial charge on any atom is -0.442 e. The second-order valence-corrected chi connectivity index (χ2v) is 3.77. The van der Waals surface area contributed by atoms with Crippen molar-refractivity contribution < 1.29 is 9.15 Å². The molecule has 0 radical (unpaired) electrons. The van der Waals surface area contributed by atoms with Gasteiger partial charge < -0.3 is 14.9 Å². The number of benzene rings is 1. The molecule has 0 saturated carbocycles. The zero-order valence-electron chi connectivity index (χ0n) is 9.70. The Bertz CT molecular complexity index is 771. The fourth-order valence-electron chi connectivity index (χ4n) is 1.69. The van der Waals surface area contributed by atoms with Crippen LogP contribution in [0.5, 0.6) is 11.6 Å². The van der Waals surface area contributed by atoms with Crippen molar-refractivity contribution in [2.75, 3.05) is 5.73 Å². The Morgan fingerprint density at radius 1 is 1.16 bits per heavy atom. The number of ether oxygens (including phenoxy) is 1. The number of rotatable bonds is 2. The summed E-state index contributed by atoms with van der Waals surface area (Å²) in [5.41, 5.74) is 6.03. The van der Waals surface area contributed by atoms with Crippen LogP contribution in [0.4, 0.5) is 5.82 Å². The highest BCUT2D eigenvalue weighted by atomic mass is 16.5. The SMILES string of the molecule is N#Cc1oc2ccccc2c1Oc1ccc(N)nn1. The van der Waals surface area contributed by atoms with Gasteiger partial charge in [0.1, 0.15) is 17.5 Å². The molecular weight excluding hydrogens is 244 g/mol. The fourth-order valence-corrected chi connectivity index (χ4v) is 1.69. The number of hydrogen-bond donors (Lipinski definition) is 1. The maximum Gasteiger partial charge on any atom is 0.247 e. The van der Waals surface area contributed by atoms with Gasteiger partial charge >= 0.3 is 0 Å². The van der Waals surface area contributed by atoms with Gasteiger partial charge in [0.05, 0.1) is 5.39 Å². The van der Waals surface area contributed by atoms with Crippen LogP contribution in [0.2, 0.25) is 0 Å². The van der Waals surface area contributed by atoms with Crippen LogP contribution < -0.4 is 10.5 Å². The predicted molar refractivity (Wildman–Crippen MR) is 67.4 cm³/mol. The molecule has 0 unspecified atom stereocenters. The van der Waals surface area contributed by atoms with Crippen LogP contribution in [0.3, 0.4) is 0 Å². The number of nitrogens with two attached hydrogens (primary N) is 1. The lowest BCUT2D eigenvalue weighted by Gasteiger charge is -2.01. The van der Waals surface area contributed by atoms with Gasteiger partial charge in [-0.2, -0.15) is 5.26 Å². The van der Waals surface area contributed by atoms with Crippen molar-refractivity contribution in [3.8, 4) is 17.7 Å². The molecule has 1 aromatic carbocycles. The average molecular weight is 252 g/mol. The van der Waals surface area contributed by atoms with E-state index in [1.54, 1.807) is 24.3 Å². The number of para-hydroxylation sites is 1. The lowest BCUT2D eigenvalue weighted by Crippen LogP contribution is -1.95. The molecule has 2 heterocycles. The highest BCUT2D eigenvalue weighted by Gasteiger charge is 2.16. The minimum atomic E-state index is 0.0971. The van der Waals surface area contributed by atoms with Gasteiger partial charge in [-0.15, -0.1) is 10.2 Å². The number of hydrogen-bond acceptors (Lipinski definition) is 6. The Morgan fingerprint density at radius 2 is 2.00 bits per heavy atom. The zero-order valence-corrected chi connectivity index (χ0v) is 9.70. The van der Waals surface area contributed by atoms with E-state index in [0.717, 1.165) is 0 Å². The summed E-state index contributed by atoms with van der Waals surface area (Å²) < 4.78 is 10.9. The molecule has 19 heavy (non-hydrogen) atoms. The number of fused-ring (bicyclic) bond motifs is 1. The Kier molecular flexibility index (Phi) is 2.50. The van der Waals surface area contributed by atoms with Crippen LogP contribution in [0.1, 0.15) is 5.76 Å². The summed E-state index contributed by atoms with van der Waals surface area (Å²) in [6, 6.07) is 12.3. The van der Waals surface area contributed by atoms with Gasteiger partial charge in [0.15, 0.2) is 5.75 Å². The molecule has 3 aromatic rings. The zero-order chi connectivity index (χ0) is 13.2. The van der Waals surface area contributed by atoms with Crippen LogP contribution in [0.25, 0.3) is 11.0 Å². The molecule has 6 nitrogen and oxygen atoms in total. The van der Waals surface area contributed by atoms with Gasteiger partial charge in [-0.25, -0.2) is 0 Å². The lowest BCUT2D eigenvalue weighted by atomic mass is 10.2. The molecule has 0 saturated heterocycles. The quantitative estimate of drug-likeness (QED) is 0.752. The third kappa shape index (κ3) is 1.93. The van der Waals surface area contributed by atoms with Crippen LogP contribution in [0, 0.1) is 11.3 Å². The first-order valence-corrected chi connectivity index (χ1v) is 5.46. The van der Waals surface area contributed by atoms with Gasteiger partial charge in [-0.05, 0) is 18.2 Å². The average Bonchev–Trinajstić information content (AvgIpc) is 2.79. The number of aromatic nitrogens is 2.